The first-order chi connectivity index (χ1) is 24.6. The second-order valence-electron chi connectivity index (χ2n) is 12.2. The Morgan fingerprint density at radius 2 is 0.680 bits per heavy atom. The molecule has 0 aliphatic rings. The van der Waals surface area contributed by atoms with Gasteiger partial charge in [-0.25, -0.2) is 19.9 Å². The standard InChI is InChI=1S/C44H24N6/c45-25-27-6-8-30(9-7-27)38-19-15-32-11-13-34-17-21-40(50-44(34)42(32)48-38)36-23-28(26-46)22-35(24-36)39-20-16-33-12-10-31-14-18-37(29-4-2-1-3-5-29)47-41(31)43(33)49-39/h1-24H. The molecule has 0 N–H and O–H groups in total. The summed E-state index contributed by atoms with van der Waals surface area (Å²) >= 11 is 0. The van der Waals surface area contributed by atoms with Crippen LogP contribution in [0, 0.1) is 22.7 Å². The molecule has 0 fully saturated rings. The predicted molar refractivity (Wildman–Crippen MR) is 199 cm³/mol. The Labute approximate surface area is 287 Å². The van der Waals surface area contributed by atoms with Crippen LogP contribution in [0.15, 0.2) is 146 Å². The van der Waals surface area contributed by atoms with Gasteiger partial charge < -0.3 is 0 Å². The van der Waals surface area contributed by atoms with Crippen molar-refractivity contribution in [2.75, 3.05) is 0 Å². The molecule has 6 heteroatoms. The van der Waals surface area contributed by atoms with Gasteiger partial charge in [0.2, 0.25) is 0 Å². The zero-order valence-electron chi connectivity index (χ0n) is 26.5. The normalized spacial score (nSPS) is 11.2. The van der Waals surface area contributed by atoms with E-state index in [0.717, 1.165) is 88.6 Å². The van der Waals surface area contributed by atoms with Gasteiger partial charge in [-0.3, -0.25) is 0 Å². The van der Waals surface area contributed by atoms with Gasteiger partial charge >= 0.3 is 0 Å². The summed E-state index contributed by atoms with van der Waals surface area (Å²) in [4.78, 5) is 20.3. The Kier molecular flexibility index (Phi) is 6.79. The number of pyridine rings is 4. The maximum atomic E-state index is 10.1. The molecule has 4 aromatic heterocycles. The summed E-state index contributed by atoms with van der Waals surface area (Å²) in [5.74, 6) is 0. The van der Waals surface area contributed by atoms with E-state index < -0.39 is 0 Å². The number of nitriles is 2. The highest BCUT2D eigenvalue weighted by Gasteiger charge is 2.13. The molecule has 9 aromatic rings. The first kappa shape index (κ1) is 28.9. The van der Waals surface area contributed by atoms with E-state index in [1.807, 2.05) is 84.9 Å². The van der Waals surface area contributed by atoms with E-state index in [0.29, 0.717) is 11.1 Å². The monoisotopic (exact) mass is 636 g/mol. The van der Waals surface area contributed by atoms with Crippen LogP contribution in [0.25, 0.3) is 88.6 Å². The molecule has 230 valence electrons. The molecule has 0 bridgehead atoms. The molecule has 0 spiro atoms. The molecule has 0 radical (unpaired) electrons. The van der Waals surface area contributed by atoms with Crippen molar-refractivity contribution in [2.45, 2.75) is 0 Å². The fraction of sp³-hybridized carbons (Fsp3) is 0. The minimum atomic E-state index is 0.517. The molecule has 0 aliphatic carbocycles. The molecular weight excluding hydrogens is 613 g/mol. The Balaban J connectivity index is 1.17. The highest BCUT2D eigenvalue weighted by molar-refractivity contribution is 6.05. The fourth-order valence-corrected chi connectivity index (χ4v) is 6.49. The van der Waals surface area contributed by atoms with E-state index in [1.54, 1.807) is 12.1 Å². The zero-order valence-corrected chi connectivity index (χ0v) is 26.5. The number of nitrogens with zero attached hydrogens (tertiary/aromatic N) is 6. The summed E-state index contributed by atoms with van der Waals surface area (Å²) in [6.45, 7) is 0. The van der Waals surface area contributed by atoms with Gasteiger partial charge in [-0.05, 0) is 54.6 Å². The quantitative estimate of drug-likeness (QED) is 0.178. The number of benzene rings is 5. The molecule has 6 nitrogen and oxygen atoms in total. The van der Waals surface area contributed by atoms with Crippen LogP contribution in [0.4, 0.5) is 0 Å². The van der Waals surface area contributed by atoms with Crippen LogP contribution < -0.4 is 0 Å². The molecule has 0 atom stereocenters. The lowest BCUT2D eigenvalue weighted by Gasteiger charge is -2.11. The Hall–Kier alpha value is -7.28. The number of aromatic nitrogens is 4. The van der Waals surface area contributed by atoms with Gasteiger partial charge in [-0.1, -0.05) is 91.0 Å². The fourth-order valence-electron chi connectivity index (χ4n) is 6.49. The minimum Gasteiger partial charge on any atom is -0.245 e. The molecule has 4 heterocycles. The van der Waals surface area contributed by atoms with E-state index in [4.69, 9.17) is 19.9 Å². The molecule has 50 heavy (non-hydrogen) atoms. The number of rotatable bonds is 4. The predicted octanol–water partition coefficient (Wildman–Crippen LogP) is 10.3. The SMILES string of the molecule is N#Cc1ccc(-c2ccc3ccc4ccc(-c5cc(C#N)cc(-c6ccc7ccc8ccc(-c9ccccc9)nc8c7n6)c5)nc4c3n2)cc1. The van der Waals surface area contributed by atoms with Crippen molar-refractivity contribution in [3.8, 4) is 57.2 Å². The molecular formula is C44H24N6. The van der Waals surface area contributed by atoms with Gasteiger partial charge in [0.25, 0.3) is 0 Å². The van der Waals surface area contributed by atoms with Crippen molar-refractivity contribution >= 4 is 43.6 Å². The van der Waals surface area contributed by atoms with Crippen molar-refractivity contribution < 1.29 is 0 Å². The molecule has 0 saturated carbocycles. The Bertz CT molecular complexity index is 2880. The van der Waals surface area contributed by atoms with Crippen LogP contribution in [-0.4, -0.2) is 19.9 Å². The molecule has 5 aromatic carbocycles. The Morgan fingerprint density at radius 1 is 0.320 bits per heavy atom. The lowest BCUT2D eigenvalue weighted by atomic mass is 9.99. The van der Waals surface area contributed by atoms with Gasteiger partial charge in [-0.15, -0.1) is 0 Å². The average Bonchev–Trinajstić information content (AvgIpc) is 3.20. The minimum absolute atomic E-state index is 0.517. The van der Waals surface area contributed by atoms with E-state index >= 15 is 0 Å². The third-order valence-electron chi connectivity index (χ3n) is 9.07. The van der Waals surface area contributed by atoms with Crippen LogP contribution in [0.5, 0.6) is 0 Å². The van der Waals surface area contributed by atoms with E-state index in [9.17, 15) is 10.5 Å². The number of hydrogen-bond donors (Lipinski definition) is 0. The van der Waals surface area contributed by atoms with E-state index in [2.05, 4.69) is 60.7 Å². The summed E-state index contributed by atoms with van der Waals surface area (Å²) in [6.07, 6.45) is 0. The maximum Gasteiger partial charge on any atom is 0.0992 e. The number of fused-ring (bicyclic) bond motifs is 6. The second-order valence-corrected chi connectivity index (χ2v) is 12.2. The first-order valence-electron chi connectivity index (χ1n) is 16.2. The van der Waals surface area contributed by atoms with Crippen LogP contribution in [0.3, 0.4) is 0 Å². The third-order valence-corrected chi connectivity index (χ3v) is 9.07. The van der Waals surface area contributed by atoms with Gasteiger partial charge in [0, 0.05) is 43.8 Å². The summed E-state index contributed by atoms with van der Waals surface area (Å²) in [6, 6.07) is 52.3. The highest BCUT2D eigenvalue weighted by atomic mass is 14.8. The van der Waals surface area contributed by atoms with Gasteiger partial charge in [0.15, 0.2) is 0 Å². The highest BCUT2D eigenvalue weighted by Crippen LogP contribution is 2.33. The Morgan fingerprint density at radius 3 is 1.08 bits per heavy atom. The van der Waals surface area contributed by atoms with Crippen molar-refractivity contribution in [1.82, 2.24) is 19.9 Å². The van der Waals surface area contributed by atoms with Crippen LogP contribution in [0.2, 0.25) is 0 Å². The lowest BCUT2D eigenvalue weighted by Crippen LogP contribution is -1.93. The van der Waals surface area contributed by atoms with Gasteiger partial charge in [0.05, 0.1) is 68.1 Å². The van der Waals surface area contributed by atoms with Crippen LogP contribution >= 0.6 is 0 Å². The smallest absolute Gasteiger partial charge is 0.0992 e. The first-order valence-corrected chi connectivity index (χ1v) is 16.2. The summed E-state index contributed by atoms with van der Waals surface area (Å²) < 4.78 is 0. The number of hydrogen-bond acceptors (Lipinski definition) is 6. The molecule has 0 saturated heterocycles. The van der Waals surface area contributed by atoms with Crippen LogP contribution in [-0.2, 0) is 0 Å². The summed E-state index contributed by atoms with van der Waals surface area (Å²) in [7, 11) is 0. The van der Waals surface area contributed by atoms with Gasteiger partial charge in [0.1, 0.15) is 0 Å². The van der Waals surface area contributed by atoms with Crippen molar-refractivity contribution in [2.24, 2.45) is 0 Å². The molecule has 0 amide bonds. The van der Waals surface area contributed by atoms with E-state index in [1.165, 1.54) is 0 Å². The van der Waals surface area contributed by atoms with Crippen molar-refractivity contribution in [1.29, 1.82) is 10.5 Å². The van der Waals surface area contributed by atoms with Crippen molar-refractivity contribution in [3.05, 3.63) is 157 Å². The van der Waals surface area contributed by atoms with Gasteiger partial charge in [-0.2, -0.15) is 10.5 Å². The molecule has 9 rings (SSSR count). The zero-order chi connectivity index (χ0) is 33.6. The maximum absolute atomic E-state index is 10.1. The van der Waals surface area contributed by atoms with Crippen molar-refractivity contribution in [3.63, 3.8) is 0 Å². The second kappa shape index (κ2) is 11.8. The molecule has 0 unspecified atom stereocenters. The summed E-state index contributed by atoms with van der Waals surface area (Å²) in [5.41, 5.74) is 11.1. The van der Waals surface area contributed by atoms with Crippen LogP contribution in [0.1, 0.15) is 11.1 Å². The largest absolute Gasteiger partial charge is 0.245 e. The topological polar surface area (TPSA) is 99.1 Å². The molecule has 0 aliphatic heterocycles. The summed E-state index contributed by atoms with van der Waals surface area (Å²) in [5, 5.41) is 23.3. The third kappa shape index (κ3) is 5.06. The van der Waals surface area contributed by atoms with E-state index in [-0.39, 0.29) is 0 Å². The average molecular weight is 637 g/mol. The lowest BCUT2D eigenvalue weighted by molar-refractivity contribution is 1.35.